The van der Waals surface area contributed by atoms with Gasteiger partial charge < -0.3 is 0 Å². The number of rotatable bonds is 14. The number of thiophene rings is 5. The Labute approximate surface area is 740 Å². The lowest BCUT2D eigenvalue weighted by Crippen LogP contribution is -1.99. The maximum atomic E-state index is 5.77. The van der Waals surface area contributed by atoms with Crippen molar-refractivity contribution in [1.29, 1.82) is 0 Å². The average molecular weight is 1680 g/mol. The number of benzene rings is 18. The van der Waals surface area contributed by atoms with Gasteiger partial charge in [0.05, 0.1) is 22.8 Å². The first-order chi connectivity index (χ1) is 61.8. The molecule has 0 bridgehead atoms. The molecule has 0 amide bonds. The van der Waals surface area contributed by atoms with Gasteiger partial charge in [-0.05, 0) is 205 Å². The molecule has 0 saturated carbocycles. The zero-order valence-corrected chi connectivity index (χ0v) is 71.2. The Hall–Kier alpha value is -14.8. The van der Waals surface area contributed by atoms with Crippen LogP contribution in [0.25, 0.3) is 258 Å². The molecule has 7 aromatic heterocycles. The van der Waals surface area contributed by atoms with Gasteiger partial charge in [-0.2, -0.15) is 0 Å². The van der Waals surface area contributed by atoms with Gasteiger partial charge in [0.2, 0.25) is 0 Å². The second kappa shape index (κ2) is 30.1. The van der Waals surface area contributed by atoms with E-state index in [9.17, 15) is 0 Å². The lowest BCUT2D eigenvalue weighted by Gasteiger charge is -2.20. The van der Waals surface area contributed by atoms with Crippen molar-refractivity contribution in [3.63, 3.8) is 0 Å². The minimum Gasteiger partial charge on any atom is -0.228 e. The molecule has 25 aromatic rings. The molecule has 18 aromatic carbocycles. The highest BCUT2D eigenvalue weighted by atomic mass is 32.1. The smallest absolute Gasteiger partial charge is 0.160 e. The van der Waals surface area contributed by atoms with Gasteiger partial charge in [0.1, 0.15) is 0 Å². The van der Waals surface area contributed by atoms with Crippen molar-refractivity contribution in [2.24, 2.45) is 0 Å². The molecule has 0 unspecified atom stereocenters. The van der Waals surface area contributed by atoms with Crippen molar-refractivity contribution >= 4 is 158 Å². The van der Waals surface area contributed by atoms with E-state index in [0.717, 1.165) is 128 Å². The van der Waals surface area contributed by atoms with Crippen LogP contribution in [-0.4, -0.2) is 19.9 Å². The summed E-state index contributed by atoms with van der Waals surface area (Å²) in [6.07, 6.45) is 0. The Morgan fingerprint density at radius 1 is 0.136 bits per heavy atom. The van der Waals surface area contributed by atoms with Crippen LogP contribution in [0.15, 0.2) is 413 Å². The molecule has 0 atom stereocenters. The highest BCUT2D eigenvalue weighted by molar-refractivity contribution is 7.27. The molecule has 0 spiro atoms. The normalized spacial score (nSPS) is 11.8. The van der Waals surface area contributed by atoms with Gasteiger partial charge in [-0.1, -0.05) is 291 Å². The van der Waals surface area contributed by atoms with Crippen molar-refractivity contribution in [2.75, 3.05) is 0 Å². The summed E-state index contributed by atoms with van der Waals surface area (Å²) in [7, 11) is 0. The summed E-state index contributed by atoms with van der Waals surface area (Å²) >= 11 is 9.26. The quantitative estimate of drug-likeness (QED) is 0.109. The van der Waals surface area contributed by atoms with E-state index < -0.39 is 0 Å². The summed E-state index contributed by atoms with van der Waals surface area (Å²) < 4.78 is 12.7. The lowest BCUT2D eigenvalue weighted by molar-refractivity contribution is 1.18. The van der Waals surface area contributed by atoms with E-state index in [2.05, 4.69) is 413 Å². The van der Waals surface area contributed by atoms with E-state index in [-0.39, 0.29) is 0 Å². The van der Waals surface area contributed by atoms with Gasteiger partial charge in [-0.3, -0.25) is 0 Å². The van der Waals surface area contributed by atoms with Gasteiger partial charge in [0.15, 0.2) is 11.6 Å². The molecule has 9 heteroatoms. The van der Waals surface area contributed by atoms with Crippen LogP contribution in [0.4, 0.5) is 0 Å². The Bertz CT molecular complexity index is 8500. The minimum absolute atomic E-state index is 0.657. The molecule has 4 nitrogen and oxygen atoms in total. The van der Waals surface area contributed by atoms with Crippen molar-refractivity contribution < 1.29 is 0 Å². The predicted molar refractivity (Wildman–Crippen MR) is 538 cm³/mol. The Balaban J connectivity index is 0.631. The highest BCUT2D eigenvalue weighted by Gasteiger charge is 2.26. The molecule has 582 valence electrons. The van der Waals surface area contributed by atoms with E-state index in [1.54, 1.807) is 0 Å². The monoisotopic (exact) mass is 1680 g/mol. The lowest BCUT2D eigenvalue weighted by atomic mass is 9.84. The summed E-state index contributed by atoms with van der Waals surface area (Å²) in [5.41, 5.74) is 27.3. The molecule has 0 radical (unpaired) electrons. The summed E-state index contributed by atoms with van der Waals surface area (Å²) in [6.45, 7) is 0. The van der Waals surface area contributed by atoms with Crippen LogP contribution in [0.2, 0.25) is 0 Å². The first kappa shape index (κ1) is 73.0. The largest absolute Gasteiger partial charge is 0.228 e. The number of hydrogen-bond donors (Lipinski definition) is 0. The van der Waals surface area contributed by atoms with Crippen LogP contribution in [0.1, 0.15) is 0 Å². The zero-order chi connectivity index (χ0) is 82.2. The maximum absolute atomic E-state index is 5.77. The van der Waals surface area contributed by atoms with Crippen LogP contribution in [0.3, 0.4) is 0 Å². The molecule has 0 saturated heterocycles. The molecule has 0 aliphatic carbocycles. The Morgan fingerprint density at radius 3 is 0.872 bits per heavy atom. The predicted octanol–water partition coefficient (Wildman–Crippen LogP) is 34.4. The minimum atomic E-state index is 0.657. The Morgan fingerprint density at radius 2 is 0.416 bits per heavy atom. The fourth-order valence-electron chi connectivity index (χ4n) is 18.5. The van der Waals surface area contributed by atoms with Gasteiger partial charge in [0, 0.05) is 140 Å². The van der Waals surface area contributed by atoms with Crippen LogP contribution < -0.4 is 0 Å². The molecule has 0 fully saturated rings. The van der Waals surface area contributed by atoms with Gasteiger partial charge in [-0.15, -0.1) is 56.7 Å². The number of aromatic nitrogens is 4. The fraction of sp³-hybridized carbons (Fsp3) is 0. The first-order valence-electron chi connectivity index (χ1n) is 42.1. The second-order valence-corrected chi connectivity index (χ2v) is 37.6. The maximum Gasteiger partial charge on any atom is 0.160 e. The highest BCUT2D eigenvalue weighted by Crippen LogP contribution is 2.52. The van der Waals surface area contributed by atoms with Crippen molar-refractivity contribution in [3.05, 3.63) is 413 Å². The van der Waals surface area contributed by atoms with Crippen molar-refractivity contribution in [3.8, 4) is 157 Å². The fourth-order valence-corrected chi connectivity index (χ4v) is 24.1. The van der Waals surface area contributed by atoms with E-state index in [0.29, 0.717) is 11.6 Å². The molecule has 0 aliphatic heterocycles. The third kappa shape index (κ3) is 13.0. The summed E-state index contributed by atoms with van der Waals surface area (Å²) in [4.78, 5) is 22.2. The topological polar surface area (TPSA) is 51.6 Å². The van der Waals surface area contributed by atoms with Crippen LogP contribution in [-0.2, 0) is 0 Å². The molecule has 0 N–H and O–H groups in total. The molecule has 0 aliphatic rings. The molecule has 7 heterocycles. The first-order valence-corrected chi connectivity index (χ1v) is 46.1. The Kier molecular flexibility index (Phi) is 17.6. The second-order valence-electron chi connectivity index (χ2n) is 32.2. The zero-order valence-electron chi connectivity index (χ0n) is 67.1. The van der Waals surface area contributed by atoms with E-state index in [1.165, 1.54) is 118 Å². The van der Waals surface area contributed by atoms with Crippen LogP contribution >= 0.6 is 56.7 Å². The van der Waals surface area contributed by atoms with Gasteiger partial charge >= 0.3 is 0 Å². The molecule has 25 rings (SSSR count). The summed E-state index contributed by atoms with van der Waals surface area (Å²) in [6, 6.07) is 152. The molecular formula is C116H68N4S5. The number of hydrogen-bond acceptors (Lipinski definition) is 9. The molecule has 125 heavy (non-hydrogen) atoms. The number of nitrogens with zero attached hydrogens (tertiary/aromatic N) is 4. The summed E-state index contributed by atoms with van der Waals surface area (Å²) in [5.74, 6) is 1.33. The average Bonchev–Trinajstić information content (AvgIpc) is 1.63. The SMILES string of the molecule is c1ccc(-c2ccc(-c3cc(-c4c(-c5ccc6sc7ccccc7c6c5)cc(-c5cc(-c6ccc(-c7ccc(-c8cc(-c9ccc(-c%10ccc%11sc%12ccccc%12c%11c%10)cc9-c9ccc%10sc%11ccccc%11c%10c9)nc(-c9ccccc9)n8)cc7)cc6)c6sc7ccccc7c6c5)cc4-c4ccc5sc6ccccc6c5c4)nc(-c4ccccc4)n3)cc2)cc1. The third-order valence-corrected chi connectivity index (χ3v) is 30.6. The van der Waals surface area contributed by atoms with Crippen molar-refractivity contribution in [1.82, 2.24) is 19.9 Å². The van der Waals surface area contributed by atoms with Crippen molar-refractivity contribution in [2.45, 2.75) is 0 Å². The van der Waals surface area contributed by atoms with Crippen LogP contribution in [0.5, 0.6) is 0 Å². The van der Waals surface area contributed by atoms with E-state index in [1.807, 2.05) is 56.7 Å². The number of fused-ring (bicyclic) bond motifs is 15. The third-order valence-electron chi connectivity index (χ3n) is 24.8. The van der Waals surface area contributed by atoms with E-state index in [4.69, 9.17) is 19.9 Å². The molecular weight excluding hydrogens is 1610 g/mol. The standard InChI is InChI=1S/C116H68N4S5/c1-4-20-69(21-5-1)70-38-44-75(45-39-70)101-68-103(120-116(118-101)77-24-8-3-9-25-77)113-92(81-51-56-111-97(61-81)88-28-12-17-33-106(88)123-111)63-83(64-93(113)82-52-57-112-98(62-82)89-29-13-18-34-107(89)124-112)84-65-94(114-99(66-84)90-30-14-19-35-108(90)125-114)73-42-36-71(37-43-73)72-40-46-74(47-41-72)100-67-102(119-115(117-100)76-22-6-2-7-23-76)85-53-48-78(79-49-54-109-95(59-79)86-26-10-15-31-104(86)121-109)58-91(85)80-50-55-110-96(60-80)87-27-11-16-32-105(87)122-110/h1-68H. The van der Waals surface area contributed by atoms with E-state index >= 15 is 0 Å². The summed E-state index contributed by atoms with van der Waals surface area (Å²) in [5, 5.41) is 12.5. The van der Waals surface area contributed by atoms with Crippen LogP contribution in [0, 0.1) is 0 Å². The van der Waals surface area contributed by atoms with Gasteiger partial charge in [0.25, 0.3) is 0 Å². The van der Waals surface area contributed by atoms with Gasteiger partial charge in [-0.25, -0.2) is 19.9 Å².